The van der Waals surface area contributed by atoms with Crippen molar-refractivity contribution in [1.82, 2.24) is 15.1 Å². The highest BCUT2D eigenvalue weighted by Crippen LogP contribution is 2.22. The Hall–Kier alpha value is -3.18. The smallest absolute Gasteiger partial charge is 0.255 e. The van der Waals surface area contributed by atoms with Gasteiger partial charge in [-0.1, -0.05) is 66.7 Å². The fraction of sp³-hybridized carbons (Fsp3) is 0.130. The fourth-order valence-electron chi connectivity index (χ4n) is 3.10. The van der Waals surface area contributed by atoms with Crippen molar-refractivity contribution in [2.75, 3.05) is 6.54 Å². The lowest BCUT2D eigenvalue weighted by molar-refractivity contribution is 0.0954. The van der Waals surface area contributed by atoms with Crippen LogP contribution in [0.1, 0.15) is 20.8 Å². The maximum atomic E-state index is 12.9. The van der Waals surface area contributed by atoms with Gasteiger partial charge in [-0.15, -0.1) is 11.3 Å². The van der Waals surface area contributed by atoms with Gasteiger partial charge in [0.25, 0.3) is 5.91 Å². The van der Waals surface area contributed by atoms with Crippen LogP contribution in [0, 0.1) is 0 Å². The number of carbonyl (C=O) groups excluding carboxylic acids is 1. The van der Waals surface area contributed by atoms with Gasteiger partial charge in [-0.05, 0) is 23.4 Å². The van der Waals surface area contributed by atoms with Crippen molar-refractivity contribution in [2.45, 2.75) is 13.0 Å². The highest BCUT2D eigenvalue weighted by Gasteiger charge is 2.17. The molecule has 4 nitrogen and oxygen atoms in total. The molecule has 0 radical (unpaired) electrons. The van der Waals surface area contributed by atoms with Crippen LogP contribution in [0.2, 0.25) is 0 Å². The molecule has 0 aliphatic rings. The van der Waals surface area contributed by atoms with Gasteiger partial charge in [0.2, 0.25) is 0 Å². The third-order valence-electron chi connectivity index (χ3n) is 4.48. The second-order valence-corrected chi connectivity index (χ2v) is 7.56. The Morgan fingerprint density at radius 1 is 0.964 bits per heavy atom. The highest BCUT2D eigenvalue weighted by atomic mass is 32.1. The molecule has 1 N–H and O–H groups in total. The third-order valence-corrected chi connectivity index (χ3v) is 5.41. The lowest BCUT2D eigenvalue weighted by Crippen LogP contribution is -2.25. The van der Waals surface area contributed by atoms with Crippen molar-refractivity contribution in [3.63, 3.8) is 0 Å². The van der Waals surface area contributed by atoms with Gasteiger partial charge in [0.1, 0.15) is 5.69 Å². The summed E-state index contributed by atoms with van der Waals surface area (Å²) < 4.78 is 1.84. The Balaban J connectivity index is 1.56. The minimum Gasteiger partial charge on any atom is -0.352 e. The minimum absolute atomic E-state index is 0.0882. The van der Waals surface area contributed by atoms with Gasteiger partial charge in [-0.2, -0.15) is 5.10 Å². The monoisotopic (exact) mass is 387 g/mol. The second-order valence-electron chi connectivity index (χ2n) is 6.53. The van der Waals surface area contributed by atoms with Gasteiger partial charge in [-0.25, -0.2) is 0 Å². The third kappa shape index (κ3) is 4.38. The van der Waals surface area contributed by atoms with E-state index in [-0.39, 0.29) is 5.91 Å². The SMILES string of the molecule is O=C(NCCc1cccs1)c1cn(Cc2ccccc2)nc1-c1ccccc1. The van der Waals surface area contributed by atoms with E-state index in [9.17, 15) is 4.79 Å². The number of aromatic nitrogens is 2. The first-order chi connectivity index (χ1) is 13.8. The zero-order valence-electron chi connectivity index (χ0n) is 15.4. The van der Waals surface area contributed by atoms with E-state index in [0.717, 1.165) is 17.5 Å². The van der Waals surface area contributed by atoms with Gasteiger partial charge >= 0.3 is 0 Å². The first-order valence-electron chi connectivity index (χ1n) is 9.27. The molecule has 5 heteroatoms. The van der Waals surface area contributed by atoms with Gasteiger partial charge in [0.05, 0.1) is 12.1 Å². The zero-order valence-corrected chi connectivity index (χ0v) is 16.2. The highest BCUT2D eigenvalue weighted by molar-refractivity contribution is 7.09. The number of hydrogen-bond donors (Lipinski definition) is 1. The summed E-state index contributed by atoms with van der Waals surface area (Å²) in [5.74, 6) is -0.0882. The molecule has 0 aliphatic carbocycles. The maximum Gasteiger partial charge on any atom is 0.255 e. The van der Waals surface area contributed by atoms with E-state index in [2.05, 4.69) is 28.9 Å². The quantitative estimate of drug-likeness (QED) is 0.502. The predicted octanol–water partition coefficient (Wildman–Crippen LogP) is 4.63. The number of nitrogens with one attached hydrogen (secondary N) is 1. The molecular formula is C23H21N3OS. The maximum absolute atomic E-state index is 12.9. The van der Waals surface area contributed by atoms with Crippen molar-refractivity contribution >= 4 is 17.2 Å². The van der Waals surface area contributed by atoms with Crippen LogP contribution >= 0.6 is 11.3 Å². The van der Waals surface area contributed by atoms with Crippen molar-refractivity contribution < 1.29 is 4.79 Å². The summed E-state index contributed by atoms with van der Waals surface area (Å²) in [5, 5.41) is 9.81. The molecule has 140 valence electrons. The number of carbonyl (C=O) groups is 1. The first kappa shape index (κ1) is 18.2. The molecule has 1 amide bonds. The van der Waals surface area contributed by atoms with Crippen molar-refractivity contribution in [3.8, 4) is 11.3 Å². The fourth-order valence-corrected chi connectivity index (χ4v) is 3.81. The van der Waals surface area contributed by atoms with Gasteiger partial charge in [0.15, 0.2) is 0 Å². The zero-order chi connectivity index (χ0) is 19.2. The number of thiophene rings is 1. The van der Waals surface area contributed by atoms with Crippen molar-refractivity contribution in [3.05, 3.63) is 100 Å². The summed E-state index contributed by atoms with van der Waals surface area (Å²) in [4.78, 5) is 14.1. The lowest BCUT2D eigenvalue weighted by Gasteiger charge is -2.04. The molecule has 0 bridgehead atoms. The Morgan fingerprint density at radius 3 is 2.43 bits per heavy atom. The molecule has 4 aromatic rings. The molecule has 2 aromatic carbocycles. The summed E-state index contributed by atoms with van der Waals surface area (Å²) in [6, 6.07) is 24.1. The Morgan fingerprint density at radius 2 is 1.71 bits per heavy atom. The average Bonchev–Trinajstić information content (AvgIpc) is 3.39. The molecule has 0 saturated heterocycles. The second kappa shape index (κ2) is 8.67. The van der Waals surface area contributed by atoms with E-state index >= 15 is 0 Å². The molecule has 0 atom stereocenters. The molecule has 4 rings (SSSR count). The van der Waals surface area contributed by atoms with E-state index in [0.29, 0.717) is 24.3 Å². The Bertz CT molecular complexity index is 1020. The Labute approximate surface area is 168 Å². The van der Waals surface area contributed by atoms with E-state index < -0.39 is 0 Å². The standard InChI is InChI=1S/C23H21N3OS/c27-23(24-14-13-20-12-7-15-28-20)21-17-26(16-18-8-3-1-4-9-18)25-22(21)19-10-5-2-6-11-19/h1-12,15,17H,13-14,16H2,(H,24,27). The normalized spacial score (nSPS) is 10.7. The molecule has 0 fully saturated rings. The Kier molecular flexibility index (Phi) is 5.64. The topological polar surface area (TPSA) is 46.9 Å². The number of amides is 1. The summed E-state index contributed by atoms with van der Waals surface area (Å²) in [6.07, 6.45) is 2.68. The largest absolute Gasteiger partial charge is 0.352 e. The molecular weight excluding hydrogens is 366 g/mol. The van der Waals surface area contributed by atoms with Gasteiger partial charge < -0.3 is 5.32 Å². The number of hydrogen-bond acceptors (Lipinski definition) is 3. The van der Waals surface area contributed by atoms with Gasteiger partial charge in [-0.3, -0.25) is 9.48 Å². The molecule has 0 spiro atoms. The predicted molar refractivity (Wildman–Crippen MR) is 114 cm³/mol. The van der Waals surface area contributed by atoms with E-state index in [1.807, 2.05) is 65.5 Å². The van der Waals surface area contributed by atoms with Crippen LogP contribution in [-0.2, 0) is 13.0 Å². The first-order valence-corrected chi connectivity index (χ1v) is 10.1. The summed E-state index contributed by atoms with van der Waals surface area (Å²) in [6.45, 7) is 1.24. The number of nitrogens with zero attached hydrogens (tertiary/aromatic N) is 2. The summed E-state index contributed by atoms with van der Waals surface area (Å²) in [5.41, 5.74) is 3.41. The van der Waals surface area contributed by atoms with Crippen LogP contribution in [0.25, 0.3) is 11.3 Å². The van der Waals surface area contributed by atoms with Crippen LogP contribution < -0.4 is 5.32 Å². The van der Waals surface area contributed by atoms with E-state index in [1.54, 1.807) is 11.3 Å². The molecule has 2 heterocycles. The molecule has 0 unspecified atom stereocenters. The molecule has 28 heavy (non-hydrogen) atoms. The number of rotatable bonds is 7. The molecule has 0 saturated carbocycles. The number of benzene rings is 2. The van der Waals surface area contributed by atoms with Crippen molar-refractivity contribution in [1.29, 1.82) is 0 Å². The van der Waals surface area contributed by atoms with Crippen LogP contribution in [0.15, 0.2) is 84.4 Å². The summed E-state index contributed by atoms with van der Waals surface area (Å²) >= 11 is 1.71. The lowest BCUT2D eigenvalue weighted by atomic mass is 10.1. The van der Waals surface area contributed by atoms with Crippen LogP contribution in [0.3, 0.4) is 0 Å². The minimum atomic E-state index is -0.0882. The van der Waals surface area contributed by atoms with Crippen molar-refractivity contribution in [2.24, 2.45) is 0 Å². The summed E-state index contributed by atoms with van der Waals surface area (Å²) in [7, 11) is 0. The molecule has 0 aliphatic heterocycles. The van der Waals surface area contributed by atoms with E-state index in [4.69, 9.17) is 5.10 Å². The average molecular weight is 388 g/mol. The van der Waals surface area contributed by atoms with Crippen LogP contribution in [0.5, 0.6) is 0 Å². The van der Waals surface area contributed by atoms with Gasteiger partial charge in [0, 0.05) is 23.2 Å². The van der Waals surface area contributed by atoms with Crippen LogP contribution in [0.4, 0.5) is 0 Å². The van der Waals surface area contributed by atoms with E-state index in [1.165, 1.54) is 4.88 Å². The van der Waals surface area contributed by atoms with Crippen LogP contribution in [-0.4, -0.2) is 22.2 Å². The molecule has 2 aromatic heterocycles.